The highest BCUT2D eigenvalue weighted by atomic mass is 19.1. The Labute approximate surface area is 164 Å². The monoisotopic (exact) mass is 387 g/mol. The number of hydrogen-bond acceptors (Lipinski definition) is 3. The van der Waals surface area contributed by atoms with Crippen molar-refractivity contribution in [3.8, 4) is 0 Å². The fraction of sp³-hybridized carbons (Fsp3) is 0.409. The molecule has 1 amide bonds. The zero-order valence-electron chi connectivity index (χ0n) is 16.3. The van der Waals surface area contributed by atoms with E-state index in [1.165, 1.54) is 24.3 Å². The molecule has 1 aliphatic rings. The Balaban J connectivity index is 1.79. The van der Waals surface area contributed by atoms with E-state index in [-0.39, 0.29) is 35.5 Å². The minimum atomic E-state index is -0.290. The molecule has 6 heteroatoms. The molecule has 1 aliphatic heterocycles. The van der Waals surface area contributed by atoms with Crippen LogP contribution in [0.15, 0.2) is 48.5 Å². The fourth-order valence-corrected chi connectivity index (χ4v) is 3.62. The molecule has 0 radical (unpaired) electrons. The maximum Gasteiger partial charge on any atom is 0.227 e. The standard InChI is InChI=1S/C22H27F2N3O/c1-15(16(2)25)22(28)27-13-11-26(12-14-27)21(17-3-7-19(23)8-4-17)18-5-9-20(24)10-6-18/h3-10,15-16,21H,11-14,25H2,1-2H3. The van der Waals surface area contributed by atoms with Crippen LogP contribution in [0.2, 0.25) is 0 Å². The van der Waals surface area contributed by atoms with Gasteiger partial charge in [0, 0.05) is 32.2 Å². The highest BCUT2D eigenvalue weighted by Crippen LogP contribution is 2.30. The summed E-state index contributed by atoms with van der Waals surface area (Å²) in [5.41, 5.74) is 7.76. The number of carbonyl (C=O) groups excluding carboxylic acids is 1. The van der Waals surface area contributed by atoms with Crippen molar-refractivity contribution in [3.63, 3.8) is 0 Å². The van der Waals surface area contributed by atoms with Crippen molar-refractivity contribution in [2.75, 3.05) is 26.2 Å². The summed E-state index contributed by atoms with van der Waals surface area (Å²) in [6, 6.07) is 12.5. The zero-order chi connectivity index (χ0) is 20.3. The topological polar surface area (TPSA) is 49.6 Å². The number of halogens is 2. The molecule has 150 valence electrons. The molecule has 1 heterocycles. The quantitative estimate of drug-likeness (QED) is 0.857. The minimum absolute atomic E-state index is 0.0785. The third-order valence-electron chi connectivity index (χ3n) is 5.54. The van der Waals surface area contributed by atoms with Gasteiger partial charge < -0.3 is 10.6 Å². The first-order valence-corrected chi connectivity index (χ1v) is 9.66. The number of rotatable bonds is 5. The second-order valence-corrected chi connectivity index (χ2v) is 7.51. The van der Waals surface area contributed by atoms with Crippen molar-refractivity contribution in [1.82, 2.24) is 9.80 Å². The van der Waals surface area contributed by atoms with Crippen LogP contribution in [0.3, 0.4) is 0 Å². The van der Waals surface area contributed by atoms with E-state index in [0.717, 1.165) is 11.1 Å². The number of amides is 1. The molecular formula is C22H27F2N3O. The molecule has 0 aromatic heterocycles. The summed E-state index contributed by atoms with van der Waals surface area (Å²) in [6.07, 6.45) is 0. The van der Waals surface area contributed by atoms with Gasteiger partial charge in [0.25, 0.3) is 0 Å². The number of carbonyl (C=O) groups is 1. The summed E-state index contributed by atoms with van der Waals surface area (Å²) < 4.78 is 26.8. The SMILES string of the molecule is CC(N)C(C)C(=O)N1CCN(C(c2ccc(F)cc2)c2ccc(F)cc2)CC1. The summed E-state index contributed by atoms with van der Waals surface area (Å²) in [4.78, 5) is 16.7. The fourth-order valence-electron chi connectivity index (χ4n) is 3.62. The predicted octanol–water partition coefficient (Wildman–Crippen LogP) is 3.18. The van der Waals surface area contributed by atoms with Crippen LogP contribution in [0.25, 0.3) is 0 Å². The average molecular weight is 387 g/mol. The molecule has 0 saturated carbocycles. The van der Waals surface area contributed by atoms with Crippen molar-refractivity contribution >= 4 is 5.91 Å². The molecule has 1 saturated heterocycles. The molecule has 3 rings (SSSR count). The van der Waals surface area contributed by atoms with Crippen LogP contribution in [-0.4, -0.2) is 47.9 Å². The molecule has 2 aromatic rings. The zero-order valence-corrected chi connectivity index (χ0v) is 16.3. The van der Waals surface area contributed by atoms with Crippen LogP contribution in [0.1, 0.15) is 31.0 Å². The molecule has 2 aromatic carbocycles. The second kappa shape index (κ2) is 8.80. The Morgan fingerprint density at radius 1 is 0.857 bits per heavy atom. The van der Waals surface area contributed by atoms with E-state index >= 15 is 0 Å². The summed E-state index contributed by atoms with van der Waals surface area (Å²) in [6.45, 7) is 6.27. The van der Waals surface area contributed by atoms with Crippen LogP contribution in [-0.2, 0) is 4.79 Å². The lowest BCUT2D eigenvalue weighted by molar-refractivity contribution is -0.137. The van der Waals surface area contributed by atoms with Gasteiger partial charge >= 0.3 is 0 Å². The maximum atomic E-state index is 13.4. The van der Waals surface area contributed by atoms with Crippen LogP contribution >= 0.6 is 0 Å². The highest BCUT2D eigenvalue weighted by molar-refractivity contribution is 5.79. The number of nitrogens with two attached hydrogens (primary N) is 1. The van der Waals surface area contributed by atoms with E-state index in [1.807, 2.05) is 18.7 Å². The van der Waals surface area contributed by atoms with Crippen molar-refractivity contribution in [1.29, 1.82) is 0 Å². The highest BCUT2D eigenvalue weighted by Gasteiger charge is 2.30. The molecule has 2 N–H and O–H groups in total. The van der Waals surface area contributed by atoms with Crippen molar-refractivity contribution in [3.05, 3.63) is 71.3 Å². The van der Waals surface area contributed by atoms with Gasteiger partial charge in [0.15, 0.2) is 0 Å². The molecule has 2 unspecified atom stereocenters. The maximum absolute atomic E-state index is 13.4. The number of hydrogen-bond donors (Lipinski definition) is 1. The molecule has 0 bridgehead atoms. The summed E-state index contributed by atoms with van der Waals surface area (Å²) in [5, 5.41) is 0. The van der Waals surface area contributed by atoms with Crippen LogP contribution < -0.4 is 5.73 Å². The first kappa shape index (κ1) is 20.4. The minimum Gasteiger partial charge on any atom is -0.340 e. The van der Waals surface area contributed by atoms with Gasteiger partial charge in [-0.2, -0.15) is 0 Å². The van der Waals surface area contributed by atoms with Gasteiger partial charge in [-0.3, -0.25) is 9.69 Å². The molecule has 2 atom stereocenters. The van der Waals surface area contributed by atoms with Gasteiger partial charge in [-0.25, -0.2) is 8.78 Å². The first-order chi connectivity index (χ1) is 13.4. The van der Waals surface area contributed by atoms with Crippen LogP contribution in [0.4, 0.5) is 8.78 Å². The molecular weight excluding hydrogens is 360 g/mol. The van der Waals surface area contributed by atoms with Crippen LogP contribution in [0, 0.1) is 17.6 Å². The largest absolute Gasteiger partial charge is 0.340 e. The predicted molar refractivity (Wildman–Crippen MR) is 106 cm³/mol. The van der Waals surface area contributed by atoms with Gasteiger partial charge in [-0.15, -0.1) is 0 Å². The van der Waals surface area contributed by atoms with Crippen molar-refractivity contribution in [2.24, 2.45) is 11.7 Å². The third-order valence-corrected chi connectivity index (χ3v) is 5.54. The Hall–Kier alpha value is -2.31. The van der Waals surface area contributed by atoms with Gasteiger partial charge in [0.05, 0.1) is 12.0 Å². The van der Waals surface area contributed by atoms with Gasteiger partial charge in [-0.05, 0) is 42.3 Å². The lowest BCUT2D eigenvalue weighted by atomic mass is 9.96. The van der Waals surface area contributed by atoms with E-state index < -0.39 is 0 Å². The number of benzene rings is 2. The normalized spacial score (nSPS) is 17.6. The van der Waals surface area contributed by atoms with E-state index in [1.54, 1.807) is 24.3 Å². The summed E-state index contributed by atoms with van der Waals surface area (Å²) in [7, 11) is 0. The molecule has 1 fully saturated rings. The van der Waals surface area contributed by atoms with Crippen molar-refractivity contribution < 1.29 is 13.6 Å². The number of nitrogens with zero attached hydrogens (tertiary/aromatic N) is 2. The Morgan fingerprint density at radius 3 is 1.68 bits per heavy atom. The smallest absolute Gasteiger partial charge is 0.227 e. The Kier molecular flexibility index (Phi) is 6.42. The van der Waals surface area contributed by atoms with Crippen LogP contribution in [0.5, 0.6) is 0 Å². The lowest BCUT2D eigenvalue weighted by Gasteiger charge is -2.40. The Bertz CT molecular complexity index is 739. The number of piperazine rings is 1. The summed E-state index contributed by atoms with van der Waals surface area (Å²) >= 11 is 0. The molecule has 28 heavy (non-hydrogen) atoms. The Morgan fingerprint density at radius 2 is 1.29 bits per heavy atom. The second-order valence-electron chi connectivity index (χ2n) is 7.51. The molecule has 4 nitrogen and oxygen atoms in total. The molecule has 0 spiro atoms. The van der Waals surface area contributed by atoms with E-state index in [4.69, 9.17) is 5.73 Å². The summed E-state index contributed by atoms with van der Waals surface area (Å²) in [5.74, 6) is -0.713. The average Bonchev–Trinajstić information content (AvgIpc) is 2.70. The van der Waals surface area contributed by atoms with Gasteiger partial charge in [0.2, 0.25) is 5.91 Å². The third kappa shape index (κ3) is 4.56. The van der Waals surface area contributed by atoms with Gasteiger partial charge in [-0.1, -0.05) is 31.2 Å². The van der Waals surface area contributed by atoms with E-state index in [2.05, 4.69) is 4.90 Å². The first-order valence-electron chi connectivity index (χ1n) is 9.66. The lowest BCUT2D eigenvalue weighted by Crippen LogP contribution is -2.52. The van der Waals surface area contributed by atoms with Crippen molar-refractivity contribution in [2.45, 2.75) is 25.9 Å². The molecule has 0 aliphatic carbocycles. The van der Waals surface area contributed by atoms with E-state index in [0.29, 0.717) is 26.2 Å². The van der Waals surface area contributed by atoms with Gasteiger partial charge in [0.1, 0.15) is 11.6 Å². The van der Waals surface area contributed by atoms with E-state index in [9.17, 15) is 13.6 Å².